The first-order valence-electron chi connectivity index (χ1n) is 6.24. The van der Waals surface area contributed by atoms with Crippen molar-refractivity contribution in [2.45, 2.75) is 0 Å². The van der Waals surface area contributed by atoms with Crippen molar-refractivity contribution in [2.75, 3.05) is 11.1 Å². The van der Waals surface area contributed by atoms with E-state index in [0.29, 0.717) is 11.4 Å². The van der Waals surface area contributed by atoms with Gasteiger partial charge in [-0.3, -0.25) is 4.79 Å². The lowest BCUT2D eigenvalue weighted by atomic mass is 10.1. The van der Waals surface area contributed by atoms with Crippen LogP contribution in [-0.4, -0.2) is 10.9 Å². The van der Waals surface area contributed by atoms with Crippen LogP contribution < -0.4 is 11.1 Å². The molecule has 0 radical (unpaired) electrons. The zero-order valence-electron chi connectivity index (χ0n) is 10.7. The average molecular weight is 263 g/mol. The standard InChI is InChI=1S/C16H13N3O/c17-13-6-8-15(18-10-13)16(20)19-14-7-5-11-3-1-2-4-12(11)9-14/h1-10H,17H2,(H,19,20). The van der Waals surface area contributed by atoms with Crippen LogP contribution in [0, 0.1) is 0 Å². The summed E-state index contributed by atoms with van der Waals surface area (Å²) in [6, 6.07) is 17.0. The van der Waals surface area contributed by atoms with Gasteiger partial charge in [0.15, 0.2) is 0 Å². The summed E-state index contributed by atoms with van der Waals surface area (Å²) in [5.41, 5.74) is 7.16. The third-order valence-electron chi connectivity index (χ3n) is 3.03. The molecule has 4 nitrogen and oxygen atoms in total. The zero-order valence-corrected chi connectivity index (χ0v) is 10.7. The molecule has 1 heterocycles. The van der Waals surface area contributed by atoms with Gasteiger partial charge < -0.3 is 11.1 Å². The van der Waals surface area contributed by atoms with Crippen molar-refractivity contribution in [3.63, 3.8) is 0 Å². The van der Waals surface area contributed by atoms with Crippen molar-refractivity contribution < 1.29 is 4.79 Å². The Bertz CT molecular complexity index is 766. The van der Waals surface area contributed by atoms with E-state index in [4.69, 9.17) is 5.73 Å². The number of fused-ring (bicyclic) bond motifs is 1. The molecular weight excluding hydrogens is 250 g/mol. The maximum Gasteiger partial charge on any atom is 0.274 e. The van der Waals surface area contributed by atoms with Gasteiger partial charge in [0.1, 0.15) is 5.69 Å². The number of aromatic nitrogens is 1. The van der Waals surface area contributed by atoms with Gasteiger partial charge in [0.25, 0.3) is 5.91 Å². The molecule has 1 aromatic heterocycles. The summed E-state index contributed by atoms with van der Waals surface area (Å²) in [5.74, 6) is -0.250. The molecule has 20 heavy (non-hydrogen) atoms. The van der Waals surface area contributed by atoms with E-state index in [0.717, 1.165) is 16.5 Å². The normalized spacial score (nSPS) is 10.4. The molecule has 0 aliphatic carbocycles. The molecule has 1 amide bonds. The number of amides is 1. The van der Waals surface area contributed by atoms with E-state index in [1.54, 1.807) is 12.1 Å². The third kappa shape index (κ3) is 2.44. The highest BCUT2D eigenvalue weighted by Gasteiger charge is 2.07. The lowest BCUT2D eigenvalue weighted by Gasteiger charge is -2.06. The fraction of sp³-hybridized carbons (Fsp3) is 0. The minimum Gasteiger partial charge on any atom is -0.397 e. The summed E-state index contributed by atoms with van der Waals surface area (Å²) in [5, 5.41) is 5.04. The van der Waals surface area contributed by atoms with Crippen LogP contribution in [0.15, 0.2) is 60.8 Å². The quantitative estimate of drug-likeness (QED) is 0.746. The molecule has 0 saturated heterocycles. The highest BCUT2D eigenvalue weighted by atomic mass is 16.1. The largest absolute Gasteiger partial charge is 0.397 e. The summed E-state index contributed by atoms with van der Waals surface area (Å²) in [7, 11) is 0. The van der Waals surface area contributed by atoms with Gasteiger partial charge >= 0.3 is 0 Å². The molecule has 0 bridgehead atoms. The molecule has 0 fully saturated rings. The summed E-state index contributed by atoms with van der Waals surface area (Å²) >= 11 is 0. The number of carbonyl (C=O) groups excluding carboxylic acids is 1. The Kier molecular flexibility index (Phi) is 3.05. The number of hydrogen-bond donors (Lipinski definition) is 2. The van der Waals surface area contributed by atoms with Crippen LogP contribution in [0.25, 0.3) is 10.8 Å². The molecule has 98 valence electrons. The zero-order chi connectivity index (χ0) is 13.9. The van der Waals surface area contributed by atoms with Crippen molar-refractivity contribution in [2.24, 2.45) is 0 Å². The SMILES string of the molecule is Nc1ccc(C(=O)Nc2ccc3ccccc3c2)nc1. The number of nitrogens with zero attached hydrogens (tertiary/aromatic N) is 1. The van der Waals surface area contributed by atoms with Gasteiger partial charge in [-0.25, -0.2) is 4.98 Å². The maximum atomic E-state index is 12.0. The predicted molar refractivity (Wildman–Crippen MR) is 80.6 cm³/mol. The molecule has 2 aromatic carbocycles. The van der Waals surface area contributed by atoms with Gasteiger partial charge in [0.2, 0.25) is 0 Å². The number of benzene rings is 2. The number of hydrogen-bond acceptors (Lipinski definition) is 3. The molecule has 4 heteroatoms. The molecule has 0 aliphatic rings. The van der Waals surface area contributed by atoms with E-state index in [1.807, 2.05) is 42.5 Å². The summed E-state index contributed by atoms with van der Waals surface area (Å²) in [4.78, 5) is 16.0. The molecular formula is C16H13N3O. The van der Waals surface area contributed by atoms with Gasteiger partial charge in [-0.15, -0.1) is 0 Å². The predicted octanol–water partition coefficient (Wildman–Crippen LogP) is 3.07. The molecule has 3 aromatic rings. The molecule has 3 rings (SSSR count). The third-order valence-corrected chi connectivity index (χ3v) is 3.03. The van der Waals surface area contributed by atoms with Gasteiger partial charge in [-0.05, 0) is 35.0 Å². The topological polar surface area (TPSA) is 68.0 Å². The van der Waals surface area contributed by atoms with E-state index < -0.39 is 0 Å². The van der Waals surface area contributed by atoms with Crippen molar-refractivity contribution in [3.05, 3.63) is 66.5 Å². The van der Waals surface area contributed by atoms with Crippen molar-refractivity contribution in [1.29, 1.82) is 0 Å². The van der Waals surface area contributed by atoms with Crippen molar-refractivity contribution in [3.8, 4) is 0 Å². The maximum absolute atomic E-state index is 12.0. The number of carbonyl (C=O) groups is 1. The minimum absolute atomic E-state index is 0.250. The highest BCUT2D eigenvalue weighted by Crippen LogP contribution is 2.19. The second kappa shape index (κ2) is 5.01. The number of nitrogen functional groups attached to an aromatic ring is 1. The van der Waals surface area contributed by atoms with Crippen LogP contribution in [0.1, 0.15) is 10.5 Å². The number of nitrogens with one attached hydrogen (secondary N) is 1. The Morgan fingerprint density at radius 3 is 2.55 bits per heavy atom. The van der Waals surface area contributed by atoms with E-state index in [1.165, 1.54) is 6.20 Å². The van der Waals surface area contributed by atoms with Crippen LogP contribution in [0.4, 0.5) is 11.4 Å². The Morgan fingerprint density at radius 1 is 1.00 bits per heavy atom. The lowest BCUT2D eigenvalue weighted by molar-refractivity contribution is 0.102. The second-order valence-corrected chi connectivity index (χ2v) is 4.49. The van der Waals surface area contributed by atoms with E-state index >= 15 is 0 Å². The van der Waals surface area contributed by atoms with Crippen molar-refractivity contribution in [1.82, 2.24) is 4.98 Å². The first-order valence-corrected chi connectivity index (χ1v) is 6.24. The van der Waals surface area contributed by atoms with Crippen LogP contribution in [-0.2, 0) is 0 Å². The monoisotopic (exact) mass is 263 g/mol. The van der Waals surface area contributed by atoms with Gasteiger partial charge in [0.05, 0.1) is 11.9 Å². The van der Waals surface area contributed by atoms with E-state index in [9.17, 15) is 4.79 Å². The van der Waals surface area contributed by atoms with E-state index in [-0.39, 0.29) is 5.91 Å². The Hall–Kier alpha value is -2.88. The average Bonchev–Trinajstić information content (AvgIpc) is 2.48. The Labute approximate surface area is 116 Å². The minimum atomic E-state index is -0.250. The second-order valence-electron chi connectivity index (χ2n) is 4.49. The van der Waals surface area contributed by atoms with Crippen LogP contribution in [0.2, 0.25) is 0 Å². The first kappa shape index (κ1) is 12.2. The molecule has 0 atom stereocenters. The fourth-order valence-corrected chi connectivity index (χ4v) is 2.00. The number of rotatable bonds is 2. The summed E-state index contributed by atoms with van der Waals surface area (Å²) in [6.45, 7) is 0. The first-order chi connectivity index (χ1) is 9.72. The summed E-state index contributed by atoms with van der Waals surface area (Å²) < 4.78 is 0. The van der Waals surface area contributed by atoms with Crippen LogP contribution >= 0.6 is 0 Å². The number of pyridine rings is 1. The highest BCUT2D eigenvalue weighted by molar-refractivity contribution is 6.04. The summed E-state index contributed by atoms with van der Waals surface area (Å²) in [6.07, 6.45) is 1.47. The fourth-order valence-electron chi connectivity index (χ4n) is 2.00. The Morgan fingerprint density at radius 2 is 1.80 bits per heavy atom. The van der Waals surface area contributed by atoms with Gasteiger partial charge in [-0.2, -0.15) is 0 Å². The lowest BCUT2D eigenvalue weighted by Crippen LogP contribution is -2.13. The smallest absolute Gasteiger partial charge is 0.274 e. The number of anilines is 2. The van der Waals surface area contributed by atoms with E-state index in [2.05, 4.69) is 10.3 Å². The molecule has 3 N–H and O–H groups in total. The van der Waals surface area contributed by atoms with Crippen LogP contribution in [0.5, 0.6) is 0 Å². The molecule has 0 aliphatic heterocycles. The van der Waals surface area contributed by atoms with Crippen LogP contribution in [0.3, 0.4) is 0 Å². The number of nitrogens with two attached hydrogens (primary N) is 1. The molecule has 0 unspecified atom stereocenters. The van der Waals surface area contributed by atoms with Gasteiger partial charge in [0, 0.05) is 5.69 Å². The van der Waals surface area contributed by atoms with Gasteiger partial charge in [-0.1, -0.05) is 30.3 Å². The Balaban J connectivity index is 1.85. The molecule has 0 saturated carbocycles. The molecule has 0 spiro atoms. The van der Waals surface area contributed by atoms with Crippen molar-refractivity contribution >= 4 is 28.1 Å².